The smallest absolute Gasteiger partial charge is 0.0613 e. The summed E-state index contributed by atoms with van der Waals surface area (Å²) in [5, 5.41) is 17.4. The van der Waals surface area contributed by atoms with Crippen LogP contribution < -0.4 is 5.32 Å². The molecule has 0 amide bonds. The van der Waals surface area contributed by atoms with Crippen LogP contribution in [0.15, 0.2) is 12.4 Å². The topological polar surface area (TPSA) is 50.1 Å². The highest BCUT2D eigenvalue weighted by atomic mass is 16.3. The quantitative estimate of drug-likeness (QED) is 0.708. The van der Waals surface area contributed by atoms with Gasteiger partial charge in [-0.1, -0.05) is 13.8 Å². The number of hydrogen-bond acceptors (Lipinski definition) is 3. The minimum Gasteiger partial charge on any atom is -0.394 e. The molecule has 1 atom stereocenters. The molecule has 1 aromatic heterocycles. The van der Waals surface area contributed by atoms with Gasteiger partial charge in [0, 0.05) is 18.3 Å². The Hall–Kier alpha value is -0.870. The first-order valence-electron chi connectivity index (χ1n) is 7.00. The number of aromatic nitrogens is 2. The highest BCUT2D eigenvalue weighted by Gasteiger charge is 2.25. The Morgan fingerprint density at radius 3 is 2.72 bits per heavy atom. The molecule has 0 aromatic carbocycles. The average molecular weight is 253 g/mol. The summed E-state index contributed by atoms with van der Waals surface area (Å²) in [6.07, 6.45) is 8.02. The molecule has 0 saturated carbocycles. The lowest BCUT2D eigenvalue weighted by molar-refractivity contribution is 0.142. The van der Waals surface area contributed by atoms with Crippen molar-refractivity contribution in [2.45, 2.75) is 58.5 Å². The number of aliphatic hydroxyl groups is 1. The molecule has 1 unspecified atom stereocenters. The lowest BCUT2D eigenvalue weighted by Gasteiger charge is -2.32. The first kappa shape index (κ1) is 15.2. The Morgan fingerprint density at radius 1 is 1.44 bits per heavy atom. The van der Waals surface area contributed by atoms with E-state index >= 15 is 0 Å². The predicted octanol–water partition coefficient (Wildman–Crippen LogP) is 2.11. The van der Waals surface area contributed by atoms with Gasteiger partial charge in [-0.25, -0.2) is 0 Å². The van der Waals surface area contributed by atoms with Gasteiger partial charge in [0.05, 0.1) is 12.8 Å². The Morgan fingerprint density at radius 2 is 2.22 bits per heavy atom. The first-order chi connectivity index (χ1) is 8.65. The second-order valence-corrected chi connectivity index (χ2v) is 5.10. The molecule has 1 rings (SSSR count). The SMILES string of the molecule is CCCNC(CC)(CO)CCCn1cc(C)cn1. The van der Waals surface area contributed by atoms with Gasteiger partial charge in [-0.2, -0.15) is 5.10 Å². The largest absolute Gasteiger partial charge is 0.394 e. The molecule has 0 bridgehead atoms. The molecular formula is C14H27N3O. The van der Waals surface area contributed by atoms with Gasteiger partial charge in [-0.05, 0) is 44.7 Å². The number of aliphatic hydroxyl groups excluding tert-OH is 1. The number of nitrogens with one attached hydrogen (secondary N) is 1. The van der Waals surface area contributed by atoms with Crippen LogP contribution in [0.2, 0.25) is 0 Å². The summed E-state index contributed by atoms with van der Waals surface area (Å²) >= 11 is 0. The van der Waals surface area contributed by atoms with Crippen LogP contribution in [0.4, 0.5) is 0 Å². The number of nitrogens with zero attached hydrogens (tertiary/aromatic N) is 2. The fraction of sp³-hybridized carbons (Fsp3) is 0.786. The monoisotopic (exact) mass is 253 g/mol. The zero-order valence-electron chi connectivity index (χ0n) is 11.9. The van der Waals surface area contributed by atoms with E-state index in [4.69, 9.17) is 0 Å². The Labute approximate surface area is 110 Å². The van der Waals surface area contributed by atoms with Gasteiger partial charge in [0.25, 0.3) is 0 Å². The summed E-state index contributed by atoms with van der Waals surface area (Å²) in [5.74, 6) is 0. The minimum absolute atomic E-state index is 0.113. The number of aryl methyl sites for hydroxylation is 2. The Kier molecular flexibility index (Phi) is 6.36. The summed E-state index contributed by atoms with van der Waals surface area (Å²) in [5.41, 5.74) is 1.08. The molecule has 0 aliphatic carbocycles. The fourth-order valence-corrected chi connectivity index (χ4v) is 2.20. The van der Waals surface area contributed by atoms with Crippen LogP contribution in [-0.4, -0.2) is 33.6 Å². The molecule has 104 valence electrons. The molecule has 0 radical (unpaired) electrons. The van der Waals surface area contributed by atoms with E-state index in [2.05, 4.69) is 37.4 Å². The van der Waals surface area contributed by atoms with Gasteiger partial charge in [0.2, 0.25) is 0 Å². The Bertz CT molecular complexity index is 332. The van der Waals surface area contributed by atoms with Crippen molar-refractivity contribution < 1.29 is 5.11 Å². The van der Waals surface area contributed by atoms with Crippen molar-refractivity contribution in [1.82, 2.24) is 15.1 Å². The molecule has 0 fully saturated rings. The van der Waals surface area contributed by atoms with Crippen molar-refractivity contribution in [2.75, 3.05) is 13.2 Å². The lowest BCUT2D eigenvalue weighted by Crippen LogP contribution is -2.48. The number of rotatable bonds is 9. The van der Waals surface area contributed by atoms with Gasteiger partial charge in [0.15, 0.2) is 0 Å². The summed E-state index contributed by atoms with van der Waals surface area (Å²) in [4.78, 5) is 0. The maximum Gasteiger partial charge on any atom is 0.0613 e. The molecule has 2 N–H and O–H groups in total. The van der Waals surface area contributed by atoms with Crippen molar-refractivity contribution in [1.29, 1.82) is 0 Å². The maximum absolute atomic E-state index is 9.62. The summed E-state index contributed by atoms with van der Waals surface area (Å²) in [6.45, 7) is 8.44. The molecule has 1 aromatic rings. The average Bonchev–Trinajstić information content (AvgIpc) is 2.80. The van der Waals surface area contributed by atoms with Gasteiger partial charge >= 0.3 is 0 Å². The molecule has 0 spiro atoms. The zero-order chi connectivity index (χ0) is 13.4. The molecule has 4 nitrogen and oxygen atoms in total. The van der Waals surface area contributed by atoms with Gasteiger partial charge in [-0.15, -0.1) is 0 Å². The fourth-order valence-electron chi connectivity index (χ4n) is 2.20. The van der Waals surface area contributed by atoms with Crippen LogP contribution in [-0.2, 0) is 6.54 Å². The Balaban J connectivity index is 2.41. The zero-order valence-corrected chi connectivity index (χ0v) is 11.9. The van der Waals surface area contributed by atoms with E-state index in [1.54, 1.807) is 0 Å². The van der Waals surface area contributed by atoms with Crippen molar-refractivity contribution in [3.8, 4) is 0 Å². The summed E-state index contributed by atoms with van der Waals surface area (Å²) in [6, 6.07) is 0. The molecule has 4 heteroatoms. The van der Waals surface area contributed by atoms with Crippen molar-refractivity contribution in [3.05, 3.63) is 18.0 Å². The summed E-state index contributed by atoms with van der Waals surface area (Å²) < 4.78 is 1.98. The normalized spacial score (nSPS) is 14.7. The molecular weight excluding hydrogens is 226 g/mol. The van der Waals surface area contributed by atoms with Gasteiger partial charge in [-0.3, -0.25) is 4.68 Å². The van der Waals surface area contributed by atoms with Crippen LogP contribution in [0, 0.1) is 6.92 Å². The molecule has 1 heterocycles. The first-order valence-corrected chi connectivity index (χ1v) is 7.00. The van der Waals surface area contributed by atoms with E-state index in [1.807, 2.05) is 10.9 Å². The summed E-state index contributed by atoms with van der Waals surface area (Å²) in [7, 11) is 0. The lowest BCUT2D eigenvalue weighted by atomic mass is 9.91. The minimum atomic E-state index is -0.113. The van der Waals surface area contributed by atoms with E-state index in [1.165, 1.54) is 5.56 Å². The van der Waals surface area contributed by atoms with E-state index in [-0.39, 0.29) is 12.1 Å². The predicted molar refractivity (Wildman–Crippen MR) is 74.6 cm³/mol. The van der Waals surface area contributed by atoms with Crippen molar-refractivity contribution >= 4 is 0 Å². The van der Waals surface area contributed by atoms with E-state index in [9.17, 15) is 5.11 Å². The van der Waals surface area contributed by atoms with Crippen molar-refractivity contribution in [3.63, 3.8) is 0 Å². The third-order valence-electron chi connectivity index (χ3n) is 3.53. The molecule has 0 aliphatic rings. The number of hydrogen-bond donors (Lipinski definition) is 2. The third kappa shape index (κ3) is 4.42. The van der Waals surface area contributed by atoms with Crippen LogP contribution in [0.25, 0.3) is 0 Å². The van der Waals surface area contributed by atoms with Crippen LogP contribution in [0.1, 0.15) is 45.1 Å². The van der Waals surface area contributed by atoms with Gasteiger partial charge in [0.1, 0.15) is 0 Å². The highest BCUT2D eigenvalue weighted by Crippen LogP contribution is 2.17. The third-order valence-corrected chi connectivity index (χ3v) is 3.53. The van der Waals surface area contributed by atoms with Gasteiger partial charge < -0.3 is 10.4 Å². The highest BCUT2D eigenvalue weighted by molar-refractivity contribution is 4.99. The van der Waals surface area contributed by atoms with Crippen LogP contribution in [0.3, 0.4) is 0 Å². The van der Waals surface area contributed by atoms with Crippen LogP contribution >= 0.6 is 0 Å². The standard InChI is InChI=1S/C14H27N3O/c1-4-8-15-14(5-2,12-18)7-6-9-17-11-13(3)10-16-17/h10-11,15,18H,4-9,12H2,1-3H3. The molecule has 0 aliphatic heterocycles. The van der Waals surface area contributed by atoms with E-state index in [0.717, 1.165) is 38.8 Å². The van der Waals surface area contributed by atoms with E-state index in [0.29, 0.717) is 0 Å². The van der Waals surface area contributed by atoms with Crippen molar-refractivity contribution in [2.24, 2.45) is 0 Å². The maximum atomic E-state index is 9.62. The second-order valence-electron chi connectivity index (χ2n) is 5.10. The molecule has 18 heavy (non-hydrogen) atoms. The van der Waals surface area contributed by atoms with E-state index < -0.39 is 0 Å². The molecule has 0 saturated heterocycles. The van der Waals surface area contributed by atoms with Crippen LogP contribution in [0.5, 0.6) is 0 Å². The second kappa shape index (κ2) is 7.54.